The summed E-state index contributed by atoms with van der Waals surface area (Å²) in [4.78, 5) is 2.32. The molecule has 2 aromatic rings. The van der Waals surface area contributed by atoms with Gasteiger partial charge < -0.3 is 10.6 Å². The van der Waals surface area contributed by atoms with E-state index in [0.717, 1.165) is 19.5 Å². The molecule has 86 valence electrons. The van der Waals surface area contributed by atoms with Gasteiger partial charge in [-0.1, -0.05) is 0 Å². The number of nitrogens with zero attached hydrogens (tertiary/aromatic N) is 2. The van der Waals surface area contributed by atoms with E-state index in [0.29, 0.717) is 12.0 Å². The summed E-state index contributed by atoms with van der Waals surface area (Å²) in [7, 11) is 2.14. The lowest BCUT2D eigenvalue weighted by molar-refractivity contribution is 0.226. The molecule has 16 heavy (non-hydrogen) atoms. The quantitative estimate of drug-likeness (QED) is 0.846. The highest BCUT2D eigenvalue weighted by molar-refractivity contribution is 7.35. The molecule has 0 amide bonds. The third-order valence-corrected chi connectivity index (χ3v) is 5.08. The largest absolute Gasteiger partial charge is 0.327 e. The molecule has 1 aliphatic heterocycles. The van der Waals surface area contributed by atoms with Crippen molar-refractivity contribution in [2.75, 3.05) is 20.1 Å². The topological polar surface area (TPSA) is 42.1 Å². The Morgan fingerprint density at radius 2 is 2.38 bits per heavy atom. The summed E-state index contributed by atoms with van der Waals surface area (Å²) in [5.74, 6) is 0.511. The number of hydrogen-bond acceptors (Lipinski definition) is 5. The van der Waals surface area contributed by atoms with Crippen LogP contribution in [0.4, 0.5) is 0 Å². The highest BCUT2D eigenvalue weighted by Crippen LogP contribution is 2.35. The van der Waals surface area contributed by atoms with Crippen molar-refractivity contribution < 1.29 is 0 Å². The van der Waals surface area contributed by atoms with Gasteiger partial charge in [-0.15, -0.1) is 11.3 Å². The molecule has 0 aromatic carbocycles. The lowest BCUT2D eigenvalue weighted by Crippen LogP contribution is -2.44. The minimum atomic E-state index is 0.291. The van der Waals surface area contributed by atoms with E-state index in [2.05, 4.69) is 27.8 Å². The molecule has 3 rings (SSSR count). The molecule has 1 fully saturated rings. The zero-order chi connectivity index (χ0) is 11.1. The summed E-state index contributed by atoms with van der Waals surface area (Å²) in [5.41, 5.74) is 7.34. The van der Waals surface area contributed by atoms with Crippen LogP contribution >= 0.6 is 22.9 Å². The minimum absolute atomic E-state index is 0.291. The van der Waals surface area contributed by atoms with Crippen molar-refractivity contribution in [2.24, 2.45) is 5.73 Å². The maximum atomic E-state index is 6.08. The Kier molecular flexibility index (Phi) is 2.71. The number of rotatable bonds is 1. The maximum Gasteiger partial charge on any atom is 0.108 e. The normalized spacial score (nSPS) is 27.6. The van der Waals surface area contributed by atoms with E-state index in [1.807, 2.05) is 0 Å². The third kappa shape index (κ3) is 1.78. The highest BCUT2D eigenvalue weighted by atomic mass is 32.2. The highest BCUT2D eigenvalue weighted by Gasteiger charge is 2.27. The first-order valence-corrected chi connectivity index (χ1v) is 7.16. The Morgan fingerprint density at radius 3 is 3.19 bits per heavy atom. The molecule has 1 aliphatic rings. The van der Waals surface area contributed by atoms with Gasteiger partial charge >= 0.3 is 0 Å². The Morgan fingerprint density at radius 1 is 1.50 bits per heavy atom. The monoisotopic (exact) mass is 253 g/mol. The van der Waals surface area contributed by atoms with E-state index in [9.17, 15) is 0 Å². The number of hydrogen-bond donors (Lipinski definition) is 1. The fourth-order valence-corrected chi connectivity index (χ4v) is 4.33. The van der Waals surface area contributed by atoms with Crippen molar-refractivity contribution >= 4 is 32.3 Å². The Hall–Kier alpha value is -0.490. The number of nitrogens with two attached hydrogens (primary N) is 1. The number of piperidine rings is 1. The van der Waals surface area contributed by atoms with Gasteiger partial charge in [0.15, 0.2) is 0 Å². The fourth-order valence-electron chi connectivity index (χ4n) is 2.55. The van der Waals surface area contributed by atoms with Crippen molar-refractivity contribution in [1.82, 2.24) is 9.27 Å². The van der Waals surface area contributed by atoms with Gasteiger partial charge in [-0.2, -0.15) is 4.37 Å². The van der Waals surface area contributed by atoms with Crippen LogP contribution in [0.3, 0.4) is 0 Å². The number of likely N-dealkylation sites (tertiary alicyclic amines) is 1. The molecule has 5 heteroatoms. The van der Waals surface area contributed by atoms with E-state index >= 15 is 0 Å². The van der Waals surface area contributed by atoms with Crippen LogP contribution in [-0.4, -0.2) is 35.5 Å². The number of likely N-dealkylation sites (N-methyl/N-ethyl adjacent to an activating group) is 1. The number of aromatic nitrogens is 1. The minimum Gasteiger partial charge on any atom is -0.327 e. The molecule has 2 atom stereocenters. The summed E-state index contributed by atoms with van der Waals surface area (Å²) >= 11 is 3.41. The van der Waals surface area contributed by atoms with E-state index in [4.69, 9.17) is 5.73 Å². The van der Waals surface area contributed by atoms with Gasteiger partial charge in [0.1, 0.15) is 4.01 Å². The fraction of sp³-hybridized carbons (Fsp3) is 0.545. The standard InChI is InChI=1S/C11H15N3S2/c1-14-5-7(4-8(12)6-14)10-9-2-3-15-11(9)16-13-10/h2-3,7-8H,4-6,12H2,1H3. The number of fused-ring (bicyclic) bond motifs is 1. The molecular weight excluding hydrogens is 238 g/mol. The van der Waals surface area contributed by atoms with E-state index in [1.165, 1.54) is 15.1 Å². The molecule has 0 radical (unpaired) electrons. The molecule has 0 bridgehead atoms. The van der Waals surface area contributed by atoms with Crippen LogP contribution in [0.5, 0.6) is 0 Å². The van der Waals surface area contributed by atoms with Crippen LogP contribution in [-0.2, 0) is 0 Å². The van der Waals surface area contributed by atoms with Gasteiger partial charge in [-0.05, 0) is 36.4 Å². The van der Waals surface area contributed by atoms with Gasteiger partial charge in [0.05, 0.1) is 5.69 Å². The van der Waals surface area contributed by atoms with Crippen molar-refractivity contribution in [3.8, 4) is 0 Å². The average molecular weight is 253 g/mol. The van der Waals surface area contributed by atoms with Crippen molar-refractivity contribution in [1.29, 1.82) is 0 Å². The third-order valence-electron chi connectivity index (χ3n) is 3.18. The first kappa shape index (κ1) is 10.7. The summed E-state index contributed by atoms with van der Waals surface area (Å²) in [5, 5.41) is 3.50. The Labute approximate surface area is 103 Å². The van der Waals surface area contributed by atoms with E-state index < -0.39 is 0 Å². The Bertz CT molecular complexity index is 480. The lowest BCUT2D eigenvalue weighted by atomic mass is 9.91. The molecule has 2 N–H and O–H groups in total. The molecule has 0 saturated carbocycles. The Balaban J connectivity index is 1.95. The van der Waals surface area contributed by atoms with Crippen molar-refractivity contribution in [3.05, 3.63) is 17.1 Å². The lowest BCUT2D eigenvalue weighted by Gasteiger charge is -2.33. The average Bonchev–Trinajstić information content (AvgIpc) is 2.75. The van der Waals surface area contributed by atoms with Crippen molar-refractivity contribution in [3.63, 3.8) is 0 Å². The van der Waals surface area contributed by atoms with Crippen LogP contribution in [0, 0.1) is 0 Å². The van der Waals surface area contributed by atoms with Crippen LogP contribution in [0.25, 0.3) is 9.40 Å². The van der Waals surface area contributed by atoms with Crippen LogP contribution in [0.1, 0.15) is 18.0 Å². The molecule has 3 nitrogen and oxygen atoms in total. The van der Waals surface area contributed by atoms with Gasteiger partial charge in [-0.25, -0.2) is 0 Å². The number of thiophene rings is 1. The maximum absolute atomic E-state index is 6.08. The molecule has 2 unspecified atom stereocenters. The van der Waals surface area contributed by atoms with E-state index in [-0.39, 0.29) is 0 Å². The summed E-state index contributed by atoms with van der Waals surface area (Å²) < 4.78 is 5.96. The smallest absolute Gasteiger partial charge is 0.108 e. The van der Waals surface area contributed by atoms with E-state index in [1.54, 1.807) is 22.9 Å². The predicted molar refractivity (Wildman–Crippen MR) is 70.3 cm³/mol. The first-order chi connectivity index (χ1) is 7.74. The molecule has 0 aliphatic carbocycles. The van der Waals surface area contributed by atoms with Gasteiger partial charge in [0.2, 0.25) is 0 Å². The molecule has 0 spiro atoms. The summed E-state index contributed by atoms with van der Waals surface area (Å²) in [6.07, 6.45) is 1.07. The molecule has 1 saturated heterocycles. The van der Waals surface area contributed by atoms with Gasteiger partial charge in [0, 0.05) is 30.4 Å². The van der Waals surface area contributed by atoms with Crippen molar-refractivity contribution in [2.45, 2.75) is 18.4 Å². The molecular formula is C11H15N3S2. The predicted octanol–water partition coefficient (Wildman–Crippen LogP) is 2.10. The molecule has 2 aromatic heterocycles. The second-order valence-electron chi connectivity index (χ2n) is 4.60. The first-order valence-electron chi connectivity index (χ1n) is 5.51. The van der Waals surface area contributed by atoms with Gasteiger partial charge in [-0.3, -0.25) is 0 Å². The zero-order valence-electron chi connectivity index (χ0n) is 9.22. The second kappa shape index (κ2) is 4.07. The zero-order valence-corrected chi connectivity index (χ0v) is 10.9. The van der Waals surface area contributed by atoms with Crippen LogP contribution in [0.15, 0.2) is 11.4 Å². The summed E-state index contributed by atoms with van der Waals surface area (Å²) in [6, 6.07) is 2.48. The molecule has 3 heterocycles. The van der Waals surface area contributed by atoms with Crippen LogP contribution < -0.4 is 5.73 Å². The second-order valence-corrected chi connectivity index (χ2v) is 6.55. The SMILES string of the molecule is CN1CC(N)CC(c2nsc3sccc23)C1. The summed E-state index contributed by atoms with van der Waals surface area (Å²) in [6.45, 7) is 2.09. The van der Waals surface area contributed by atoms with Gasteiger partial charge in [0.25, 0.3) is 0 Å². The van der Waals surface area contributed by atoms with Crippen LogP contribution in [0.2, 0.25) is 0 Å².